The zero-order valence-corrected chi connectivity index (χ0v) is 24.4. The van der Waals surface area contributed by atoms with E-state index in [9.17, 15) is 4.79 Å². The second-order valence-electron chi connectivity index (χ2n) is 11.6. The van der Waals surface area contributed by atoms with E-state index in [1.165, 1.54) is 0 Å². The van der Waals surface area contributed by atoms with Crippen LogP contribution >= 0.6 is 0 Å². The number of carbonyl (C=O) groups is 1. The number of aliphatic imine (C=N–C) groups is 1. The summed E-state index contributed by atoms with van der Waals surface area (Å²) < 4.78 is 24.1. The summed E-state index contributed by atoms with van der Waals surface area (Å²) in [6.45, 7) is 9.41. The molecule has 4 aliphatic heterocycles. The Morgan fingerprint density at radius 2 is 1.93 bits per heavy atom. The van der Waals surface area contributed by atoms with Gasteiger partial charge >= 0.3 is 6.09 Å². The van der Waals surface area contributed by atoms with Crippen LogP contribution in [0.2, 0.25) is 0 Å². The third-order valence-corrected chi connectivity index (χ3v) is 9.24. The van der Waals surface area contributed by atoms with Gasteiger partial charge in [-0.2, -0.15) is 5.10 Å². The van der Waals surface area contributed by atoms with Crippen molar-refractivity contribution in [3.63, 3.8) is 0 Å². The van der Waals surface area contributed by atoms with Gasteiger partial charge in [0.25, 0.3) is 0 Å². The summed E-state index contributed by atoms with van der Waals surface area (Å²) in [6, 6.07) is 4.64. The van der Waals surface area contributed by atoms with Crippen molar-refractivity contribution >= 4 is 23.0 Å². The zero-order chi connectivity index (χ0) is 28.4. The summed E-state index contributed by atoms with van der Waals surface area (Å²) in [5, 5.41) is 4.57. The number of aromatic nitrogens is 2. The van der Waals surface area contributed by atoms with E-state index < -0.39 is 0 Å². The van der Waals surface area contributed by atoms with E-state index in [0.717, 1.165) is 68.1 Å². The standard InChI is InChI=1S/C30H42N6O5/c1-22(19-38-2)33-10-7-30(39-3,8-11-33)24-4-5-26(31-17-24)23-16-28-27(6-9-32-36(28)18-23)34-12-14-35(15-13-34)29(37)41-25-20-40-21-25/h4-6,9,16,18,22,24-25H,7-8,10-15,17,19-21H2,1-3H3/t22-,24?/m1/s1. The lowest BCUT2D eigenvalue weighted by Gasteiger charge is -2.46. The molecule has 41 heavy (non-hydrogen) atoms. The van der Waals surface area contributed by atoms with E-state index in [1.54, 1.807) is 12.0 Å². The molecule has 2 aromatic rings. The number of fused-ring (bicyclic) bond motifs is 1. The summed E-state index contributed by atoms with van der Waals surface area (Å²) in [6.07, 6.45) is 9.96. The minimum Gasteiger partial charge on any atom is -0.441 e. The third-order valence-electron chi connectivity index (χ3n) is 9.24. The monoisotopic (exact) mass is 566 g/mol. The van der Waals surface area contributed by atoms with Crippen LogP contribution in [-0.4, -0.2) is 129 Å². The molecule has 11 nitrogen and oxygen atoms in total. The Morgan fingerprint density at radius 3 is 2.56 bits per heavy atom. The Bertz CT molecular complexity index is 1270. The molecule has 0 saturated carbocycles. The fourth-order valence-electron chi connectivity index (χ4n) is 6.50. The minimum absolute atomic E-state index is 0.102. The number of nitrogens with zero attached hydrogens (tertiary/aromatic N) is 6. The fraction of sp³-hybridized carbons (Fsp3) is 0.633. The highest BCUT2D eigenvalue weighted by molar-refractivity contribution is 6.10. The van der Waals surface area contributed by atoms with Crippen molar-refractivity contribution in [1.82, 2.24) is 19.4 Å². The first-order chi connectivity index (χ1) is 20.0. The number of allylic oxidation sites excluding steroid dienone is 1. The molecule has 1 unspecified atom stereocenters. The molecule has 3 saturated heterocycles. The van der Waals surface area contributed by atoms with Gasteiger partial charge in [-0.3, -0.25) is 9.89 Å². The van der Waals surface area contributed by atoms with E-state index in [1.807, 2.05) is 17.8 Å². The highest BCUT2D eigenvalue weighted by Gasteiger charge is 2.42. The van der Waals surface area contributed by atoms with Gasteiger partial charge in [-0.25, -0.2) is 9.31 Å². The van der Waals surface area contributed by atoms with Crippen molar-refractivity contribution < 1.29 is 23.7 Å². The maximum absolute atomic E-state index is 12.4. The molecule has 11 heteroatoms. The first kappa shape index (κ1) is 28.1. The van der Waals surface area contributed by atoms with Crippen molar-refractivity contribution in [3.05, 3.63) is 42.2 Å². The van der Waals surface area contributed by atoms with Crippen LogP contribution in [0, 0.1) is 5.92 Å². The zero-order valence-electron chi connectivity index (χ0n) is 24.4. The number of dihydropyridines is 1. The quantitative estimate of drug-likeness (QED) is 0.481. The highest BCUT2D eigenvalue weighted by Crippen LogP contribution is 2.37. The van der Waals surface area contributed by atoms with E-state index in [4.69, 9.17) is 23.9 Å². The van der Waals surface area contributed by atoms with Crippen LogP contribution in [0.25, 0.3) is 5.52 Å². The number of piperazine rings is 1. The highest BCUT2D eigenvalue weighted by atomic mass is 16.6. The molecule has 0 N–H and O–H groups in total. The number of piperidine rings is 1. The van der Waals surface area contributed by atoms with Gasteiger partial charge in [0.1, 0.15) is 0 Å². The lowest BCUT2D eigenvalue weighted by atomic mass is 9.77. The van der Waals surface area contributed by atoms with Crippen LogP contribution in [0.4, 0.5) is 10.5 Å². The average molecular weight is 567 g/mol. The van der Waals surface area contributed by atoms with Gasteiger partial charge in [-0.1, -0.05) is 6.08 Å². The number of amides is 1. The Morgan fingerprint density at radius 1 is 1.15 bits per heavy atom. The predicted octanol–water partition coefficient (Wildman–Crippen LogP) is 2.48. The number of hydrogen-bond acceptors (Lipinski definition) is 9. The average Bonchev–Trinajstić information content (AvgIpc) is 3.44. The molecular weight excluding hydrogens is 524 g/mol. The number of methoxy groups -OCH3 is 2. The molecule has 1 amide bonds. The van der Waals surface area contributed by atoms with Crippen molar-refractivity contribution in [2.24, 2.45) is 10.9 Å². The van der Waals surface area contributed by atoms with Gasteiger partial charge < -0.3 is 28.7 Å². The number of carbonyl (C=O) groups excluding carboxylic acids is 1. The molecule has 0 aliphatic carbocycles. The van der Waals surface area contributed by atoms with Crippen LogP contribution in [0.15, 0.2) is 41.7 Å². The summed E-state index contributed by atoms with van der Waals surface area (Å²) in [5.74, 6) is 0.252. The Hall–Kier alpha value is -2.99. The van der Waals surface area contributed by atoms with Crippen LogP contribution < -0.4 is 4.90 Å². The van der Waals surface area contributed by atoms with Crippen molar-refractivity contribution in [2.75, 3.05) is 84.8 Å². The first-order valence-electron chi connectivity index (χ1n) is 14.8. The van der Waals surface area contributed by atoms with Gasteiger partial charge in [-0.05, 0) is 38.0 Å². The first-order valence-corrected chi connectivity index (χ1v) is 14.8. The van der Waals surface area contributed by atoms with Crippen molar-refractivity contribution in [2.45, 2.75) is 37.5 Å². The smallest absolute Gasteiger partial charge is 0.410 e. The molecule has 4 aliphatic rings. The lowest BCUT2D eigenvalue weighted by Crippen LogP contribution is -2.53. The van der Waals surface area contributed by atoms with Gasteiger partial charge in [0, 0.05) is 89.9 Å². The van der Waals surface area contributed by atoms with Crippen molar-refractivity contribution in [1.29, 1.82) is 0 Å². The molecule has 0 spiro atoms. The number of rotatable bonds is 8. The molecule has 6 rings (SSSR count). The molecule has 2 aromatic heterocycles. The predicted molar refractivity (Wildman–Crippen MR) is 156 cm³/mol. The lowest BCUT2D eigenvalue weighted by molar-refractivity contribution is -0.104. The maximum atomic E-state index is 12.4. The van der Waals surface area contributed by atoms with Gasteiger partial charge in [-0.15, -0.1) is 0 Å². The normalized spacial score (nSPS) is 24.3. The van der Waals surface area contributed by atoms with Crippen LogP contribution in [-0.2, 0) is 18.9 Å². The molecule has 222 valence electrons. The van der Waals surface area contributed by atoms with E-state index in [-0.39, 0.29) is 23.7 Å². The summed E-state index contributed by atoms with van der Waals surface area (Å²) >= 11 is 0. The largest absolute Gasteiger partial charge is 0.441 e. The van der Waals surface area contributed by atoms with Crippen LogP contribution in [0.3, 0.4) is 0 Å². The Labute approximate surface area is 241 Å². The number of anilines is 1. The molecule has 0 radical (unpaired) electrons. The van der Waals surface area contributed by atoms with Gasteiger partial charge in [0.05, 0.1) is 42.3 Å². The maximum Gasteiger partial charge on any atom is 0.410 e. The number of likely N-dealkylation sites (tertiary alicyclic amines) is 1. The Balaban J connectivity index is 1.10. The summed E-state index contributed by atoms with van der Waals surface area (Å²) in [4.78, 5) is 24.1. The molecule has 3 fully saturated rings. The third kappa shape index (κ3) is 5.73. The van der Waals surface area contributed by atoms with Crippen LogP contribution in [0.5, 0.6) is 0 Å². The van der Waals surface area contributed by atoms with E-state index >= 15 is 0 Å². The number of ether oxygens (including phenoxy) is 4. The van der Waals surface area contributed by atoms with E-state index in [2.05, 4.69) is 52.3 Å². The number of hydrogen-bond donors (Lipinski definition) is 0. The molecular formula is C30H42N6O5. The Kier molecular flexibility index (Phi) is 8.30. The van der Waals surface area contributed by atoms with E-state index in [0.29, 0.717) is 38.9 Å². The summed E-state index contributed by atoms with van der Waals surface area (Å²) in [7, 11) is 3.61. The molecule has 0 bridgehead atoms. The van der Waals surface area contributed by atoms with Crippen molar-refractivity contribution in [3.8, 4) is 0 Å². The van der Waals surface area contributed by atoms with Gasteiger partial charge in [0.2, 0.25) is 0 Å². The molecule has 0 aromatic carbocycles. The second kappa shape index (κ2) is 12.1. The minimum atomic E-state index is -0.246. The SMILES string of the molecule is COC[C@@H](C)N1CCC(OC)(C2C=CC(c3cc4c(N5CCN(C(=O)OC6COC6)CC5)ccnn4c3)=NC2)CC1. The van der Waals surface area contributed by atoms with Gasteiger partial charge in [0.15, 0.2) is 6.10 Å². The summed E-state index contributed by atoms with van der Waals surface area (Å²) in [5.41, 5.74) is 3.99. The fourth-order valence-corrected chi connectivity index (χ4v) is 6.50. The second-order valence-corrected chi connectivity index (χ2v) is 11.6. The molecule has 2 atom stereocenters. The van der Waals surface area contributed by atoms with Crippen LogP contribution in [0.1, 0.15) is 25.3 Å². The molecule has 6 heterocycles. The topological polar surface area (TPSA) is 93.4 Å².